The fourth-order valence-electron chi connectivity index (χ4n) is 3.10. The van der Waals surface area contributed by atoms with Crippen molar-refractivity contribution in [2.24, 2.45) is 17.6 Å². The Kier molecular flexibility index (Phi) is 5.14. The Morgan fingerprint density at radius 1 is 1.22 bits per heavy atom. The zero-order valence-corrected chi connectivity index (χ0v) is 11.4. The molecule has 0 bridgehead atoms. The lowest BCUT2D eigenvalue weighted by Crippen LogP contribution is -2.35. The van der Waals surface area contributed by atoms with Crippen molar-refractivity contribution in [3.05, 3.63) is 30.1 Å². The van der Waals surface area contributed by atoms with Crippen LogP contribution in [0.25, 0.3) is 0 Å². The van der Waals surface area contributed by atoms with E-state index in [9.17, 15) is 0 Å². The van der Waals surface area contributed by atoms with Crippen LogP contribution >= 0.6 is 0 Å². The maximum absolute atomic E-state index is 5.90. The lowest BCUT2D eigenvalue weighted by molar-refractivity contribution is 0.170. The van der Waals surface area contributed by atoms with Gasteiger partial charge in [-0.2, -0.15) is 0 Å². The molecule has 2 rings (SSSR count). The number of pyridine rings is 1. The van der Waals surface area contributed by atoms with Gasteiger partial charge in [0.2, 0.25) is 0 Å². The third-order valence-corrected chi connectivity index (χ3v) is 4.12. The number of aromatic nitrogens is 1. The highest BCUT2D eigenvalue weighted by molar-refractivity contribution is 5.09. The van der Waals surface area contributed by atoms with Crippen LogP contribution in [0.2, 0.25) is 0 Å². The standard InChI is InChI=1S/C15H25N3/c1-18(11-13-6-8-17-9-7-13)12-15-5-3-2-4-14(15)10-16/h6-9,14-15H,2-5,10-12,16H2,1H3. The van der Waals surface area contributed by atoms with E-state index in [0.29, 0.717) is 0 Å². The second kappa shape index (κ2) is 6.86. The largest absolute Gasteiger partial charge is 0.330 e. The molecule has 3 heteroatoms. The third kappa shape index (κ3) is 3.79. The average Bonchev–Trinajstić information content (AvgIpc) is 2.40. The van der Waals surface area contributed by atoms with Gasteiger partial charge in [-0.3, -0.25) is 4.98 Å². The fraction of sp³-hybridized carbons (Fsp3) is 0.667. The summed E-state index contributed by atoms with van der Waals surface area (Å²) in [5.41, 5.74) is 7.24. The first-order valence-corrected chi connectivity index (χ1v) is 7.07. The van der Waals surface area contributed by atoms with Crippen LogP contribution in [-0.2, 0) is 6.54 Å². The van der Waals surface area contributed by atoms with Crippen LogP contribution in [0.4, 0.5) is 0 Å². The minimum Gasteiger partial charge on any atom is -0.330 e. The van der Waals surface area contributed by atoms with Crippen LogP contribution in [0.5, 0.6) is 0 Å². The summed E-state index contributed by atoms with van der Waals surface area (Å²) >= 11 is 0. The number of hydrogen-bond acceptors (Lipinski definition) is 3. The van der Waals surface area contributed by atoms with Gasteiger partial charge in [-0.15, -0.1) is 0 Å². The fourth-order valence-corrected chi connectivity index (χ4v) is 3.10. The van der Waals surface area contributed by atoms with Crippen LogP contribution < -0.4 is 5.73 Å². The summed E-state index contributed by atoms with van der Waals surface area (Å²) in [6, 6.07) is 4.19. The van der Waals surface area contributed by atoms with Crippen LogP contribution in [0.1, 0.15) is 31.2 Å². The summed E-state index contributed by atoms with van der Waals surface area (Å²) in [5.74, 6) is 1.52. The van der Waals surface area contributed by atoms with Gasteiger partial charge in [0.25, 0.3) is 0 Å². The van der Waals surface area contributed by atoms with Gasteiger partial charge >= 0.3 is 0 Å². The third-order valence-electron chi connectivity index (χ3n) is 4.12. The van der Waals surface area contributed by atoms with Gasteiger partial charge in [-0.05, 0) is 56.0 Å². The van der Waals surface area contributed by atoms with Crippen molar-refractivity contribution >= 4 is 0 Å². The molecule has 18 heavy (non-hydrogen) atoms. The molecule has 0 amide bonds. The molecule has 0 aromatic carbocycles. The van der Waals surface area contributed by atoms with E-state index in [2.05, 4.69) is 29.1 Å². The summed E-state index contributed by atoms with van der Waals surface area (Å²) in [5, 5.41) is 0. The van der Waals surface area contributed by atoms with E-state index in [-0.39, 0.29) is 0 Å². The maximum Gasteiger partial charge on any atom is 0.0271 e. The molecule has 2 N–H and O–H groups in total. The Bertz CT molecular complexity index is 339. The summed E-state index contributed by atoms with van der Waals surface area (Å²) in [4.78, 5) is 6.48. The molecule has 3 nitrogen and oxygen atoms in total. The second-order valence-corrected chi connectivity index (χ2v) is 5.59. The van der Waals surface area contributed by atoms with E-state index in [1.807, 2.05) is 12.4 Å². The molecule has 100 valence electrons. The zero-order chi connectivity index (χ0) is 12.8. The highest BCUT2D eigenvalue weighted by atomic mass is 15.1. The van der Waals surface area contributed by atoms with Gasteiger partial charge in [0.05, 0.1) is 0 Å². The van der Waals surface area contributed by atoms with Crippen molar-refractivity contribution in [2.45, 2.75) is 32.2 Å². The van der Waals surface area contributed by atoms with Crippen molar-refractivity contribution in [3.63, 3.8) is 0 Å². The monoisotopic (exact) mass is 247 g/mol. The number of nitrogens with two attached hydrogens (primary N) is 1. The minimum atomic E-state index is 0.735. The van der Waals surface area contributed by atoms with E-state index < -0.39 is 0 Å². The Morgan fingerprint density at radius 2 is 1.89 bits per heavy atom. The first-order chi connectivity index (χ1) is 8.79. The van der Waals surface area contributed by atoms with Crippen molar-refractivity contribution < 1.29 is 0 Å². The Morgan fingerprint density at radius 3 is 2.56 bits per heavy atom. The second-order valence-electron chi connectivity index (χ2n) is 5.59. The molecule has 0 radical (unpaired) electrons. The number of rotatable bonds is 5. The van der Waals surface area contributed by atoms with Gasteiger partial charge in [0.1, 0.15) is 0 Å². The van der Waals surface area contributed by atoms with E-state index >= 15 is 0 Å². The van der Waals surface area contributed by atoms with Crippen molar-refractivity contribution in [1.29, 1.82) is 0 Å². The first kappa shape index (κ1) is 13.5. The Hall–Kier alpha value is -0.930. The van der Waals surface area contributed by atoms with Crippen molar-refractivity contribution in [2.75, 3.05) is 20.1 Å². The number of nitrogens with zero attached hydrogens (tertiary/aromatic N) is 2. The van der Waals surface area contributed by atoms with Crippen LogP contribution in [0.15, 0.2) is 24.5 Å². The van der Waals surface area contributed by atoms with Gasteiger partial charge < -0.3 is 10.6 Å². The molecule has 1 heterocycles. The van der Waals surface area contributed by atoms with Crippen LogP contribution in [0, 0.1) is 11.8 Å². The summed E-state index contributed by atoms with van der Waals surface area (Å²) < 4.78 is 0. The van der Waals surface area contributed by atoms with Crippen molar-refractivity contribution in [1.82, 2.24) is 9.88 Å². The summed E-state index contributed by atoms with van der Waals surface area (Å²) in [6.45, 7) is 3.04. The molecule has 0 saturated heterocycles. The molecular formula is C15H25N3. The maximum atomic E-state index is 5.90. The summed E-state index contributed by atoms with van der Waals surface area (Å²) in [7, 11) is 2.21. The average molecular weight is 247 g/mol. The highest BCUT2D eigenvalue weighted by Crippen LogP contribution is 2.29. The molecule has 1 aromatic heterocycles. The van der Waals surface area contributed by atoms with E-state index in [1.165, 1.54) is 37.8 Å². The molecule has 0 aliphatic heterocycles. The zero-order valence-electron chi connectivity index (χ0n) is 11.4. The first-order valence-electron chi connectivity index (χ1n) is 7.07. The molecule has 0 spiro atoms. The predicted molar refractivity (Wildman–Crippen MR) is 75.1 cm³/mol. The van der Waals surface area contributed by atoms with E-state index in [4.69, 9.17) is 5.73 Å². The molecular weight excluding hydrogens is 222 g/mol. The Labute approximate surface area is 110 Å². The molecule has 1 saturated carbocycles. The van der Waals surface area contributed by atoms with Gasteiger partial charge in [-0.1, -0.05) is 12.8 Å². The highest BCUT2D eigenvalue weighted by Gasteiger charge is 2.24. The molecule has 1 aliphatic carbocycles. The normalized spacial score (nSPS) is 24.4. The molecule has 2 unspecified atom stereocenters. The number of hydrogen-bond donors (Lipinski definition) is 1. The van der Waals surface area contributed by atoms with Gasteiger partial charge in [0, 0.05) is 25.5 Å². The molecule has 1 aromatic rings. The van der Waals surface area contributed by atoms with Crippen LogP contribution in [-0.4, -0.2) is 30.0 Å². The smallest absolute Gasteiger partial charge is 0.0271 e. The van der Waals surface area contributed by atoms with E-state index in [1.54, 1.807) is 0 Å². The topological polar surface area (TPSA) is 42.2 Å². The lowest BCUT2D eigenvalue weighted by Gasteiger charge is -2.33. The molecule has 1 fully saturated rings. The van der Waals surface area contributed by atoms with Crippen molar-refractivity contribution in [3.8, 4) is 0 Å². The molecule has 1 aliphatic rings. The van der Waals surface area contributed by atoms with E-state index in [0.717, 1.165) is 24.9 Å². The van der Waals surface area contributed by atoms with Gasteiger partial charge in [0.15, 0.2) is 0 Å². The minimum absolute atomic E-state index is 0.735. The molecule has 2 atom stereocenters. The quantitative estimate of drug-likeness (QED) is 0.868. The van der Waals surface area contributed by atoms with Crippen LogP contribution in [0.3, 0.4) is 0 Å². The Balaban J connectivity index is 1.84. The lowest BCUT2D eigenvalue weighted by atomic mass is 9.79. The SMILES string of the molecule is CN(Cc1ccncc1)CC1CCCCC1CN. The van der Waals surface area contributed by atoms with Gasteiger partial charge in [-0.25, -0.2) is 0 Å². The summed E-state index contributed by atoms with van der Waals surface area (Å²) in [6.07, 6.45) is 9.16. The predicted octanol–water partition coefficient (Wildman–Crippen LogP) is 2.28.